The lowest BCUT2D eigenvalue weighted by Gasteiger charge is -1.99. The average molecular weight is 227 g/mol. The molecule has 0 aromatic carbocycles. The van der Waals surface area contributed by atoms with E-state index < -0.39 is 0 Å². The van der Waals surface area contributed by atoms with Crippen molar-refractivity contribution in [3.8, 4) is 0 Å². The molecule has 0 aliphatic carbocycles. The van der Waals surface area contributed by atoms with Gasteiger partial charge in [0.25, 0.3) is 0 Å². The first-order chi connectivity index (χ1) is 5.83. The lowest BCUT2D eigenvalue weighted by atomic mass is 10.1. The number of hydrogen-bond donors (Lipinski definition) is 0. The van der Waals surface area contributed by atoms with Gasteiger partial charge in [0.15, 0.2) is 0 Å². The Morgan fingerprint density at radius 3 is 2.92 bits per heavy atom. The molecule has 0 fully saturated rings. The van der Waals surface area contributed by atoms with E-state index in [0.717, 1.165) is 23.0 Å². The van der Waals surface area contributed by atoms with Crippen molar-refractivity contribution in [1.29, 1.82) is 0 Å². The van der Waals surface area contributed by atoms with Crippen molar-refractivity contribution in [3.05, 3.63) is 35.4 Å². The number of rotatable bonds is 4. The number of nitrogens with zero attached hydrogens (tertiary/aromatic N) is 1. The molecule has 0 unspecified atom stereocenters. The van der Waals surface area contributed by atoms with E-state index in [0.29, 0.717) is 0 Å². The maximum absolute atomic E-state index is 4.26. The van der Waals surface area contributed by atoms with Crippen LogP contribution in [-0.2, 0) is 6.42 Å². The van der Waals surface area contributed by atoms with Crippen LogP contribution in [0.15, 0.2) is 22.8 Å². The average Bonchev–Trinajstić information content (AvgIpc) is 2.05. The predicted molar refractivity (Wildman–Crippen MR) is 54.8 cm³/mol. The van der Waals surface area contributed by atoms with E-state index in [9.17, 15) is 0 Å². The first kappa shape index (κ1) is 9.72. The fraction of sp³-hybridized carbons (Fsp3) is 0.400. The zero-order chi connectivity index (χ0) is 8.81. The molecule has 0 saturated heterocycles. The van der Waals surface area contributed by atoms with Crippen LogP contribution >= 0.6 is 15.9 Å². The Balaban J connectivity index is 2.41. The number of pyridine rings is 1. The monoisotopic (exact) mass is 226 g/mol. The summed E-state index contributed by atoms with van der Waals surface area (Å²) in [5.74, 6) is 0. The van der Waals surface area contributed by atoms with Crippen LogP contribution in [0.5, 0.6) is 0 Å². The van der Waals surface area contributed by atoms with Gasteiger partial charge in [-0.3, -0.25) is 4.98 Å². The van der Waals surface area contributed by atoms with Gasteiger partial charge in [-0.1, -0.05) is 35.7 Å². The van der Waals surface area contributed by atoms with Gasteiger partial charge in [0.2, 0.25) is 0 Å². The molecule has 12 heavy (non-hydrogen) atoms. The molecule has 0 spiro atoms. The summed E-state index contributed by atoms with van der Waals surface area (Å²) < 4.78 is 1.11. The van der Waals surface area contributed by atoms with Crippen molar-refractivity contribution in [2.24, 2.45) is 0 Å². The molecule has 65 valence electrons. The number of hydrogen-bond acceptors (Lipinski definition) is 1. The van der Waals surface area contributed by atoms with Crippen molar-refractivity contribution < 1.29 is 0 Å². The molecule has 0 saturated carbocycles. The van der Waals surface area contributed by atoms with E-state index >= 15 is 0 Å². The molecule has 1 nitrogen and oxygen atoms in total. The highest BCUT2D eigenvalue weighted by Gasteiger charge is 1.94. The minimum absolute atomic E-state index is 1.02. The summed E-state index contributed by atoms with van der Waals surface area (Å²) in [4.78, 5) is 4.26. The van der Waals surface area contributed by atoms with Gasteiger partial charge in [0.05, 0.1) is 0 Å². The summed E-state index contributed by atoms with van der Waals surface area (Å²) in [6, 6.07) is 4.02. The van der Waals surface area contributed by atoms with Crippen molar-refractivity contribution in [2.75, 3.05) is 0 Å². The molecule has 1 rings (SSSR count). The predicted octanol–water partition coefficient (Wildman–Crippen LogP) is 3.39. The summed E-state index contributed by atoms with van der Waals surface area (Å²) in [5, 5.41) is 0. The van der Waals surface area contributed by atoms with Crippen LogP contribution in [0.1, 0.15) is 25.0 Å². The molecule has 1 aromatic heterocycles. The van der Waals surface area contributed by atoms with Gasteiger partial charge in [-0.2, -0.15) is 0 Å². The molecule has 1 radical (unpaired) electrons. The van der Waals surface area contributed by atoms with Gasteiger partial charge in [-0.15, -0.1) is 0 Å². The fourth-order valence-electron chi connectivity index (χ4n) is 1.07. The van der Waals surface area contributed by atoms with Crippen LogP contribution in [0.25, 0.3) is 0 Å². The molecule has 0 aliphatic rings. The molecule has 0 aliphatic heterocycles. The van der Waals surface area contributed by atoms with Crippen molar-refractivity contribution in [2.45, 2.75) is 25.7 Å². The topological polar surface area (TPSA) is 12.9 Å². The number of aromatic nitrogens is 1. The Kier molecular flexibility index (Phi) is 4.30. The Hall–Kier alpha value is -0.370. The summed E-state index contributed by atoms with van der Waals surface area (Å²) in [6.45, 7) is 3.80. The third-order valence-corrected chi connectivity index (χ3v) is 2.20. The zero-order valence-corrected chi connectivity index (χ0v) is 8.68. The number of unbranched alkanes of at least 4 members (excludes halogenated alkanes) is 2. The van der Waals surface area contributed by atoms with Crippen LogP contribution in [-0.4, -0.2) is 4.98 Å². The van der Waals surface area contributed by atoms with Crippen LogP contribution in [0, 0.1) is 6.92 Å². The Morgan fingerprint density at radius 2 is 2.25 bits per heavy atom. The van der Waals surface area contributed by atoms with Gasteiger partial charge < -0.3 is 0 Å². The molecule has 1 aromatic rings. The highest BCUT2D eigenvalue weighted by atomic mass is 79.9. The third kappa shape index (κ3) is 3.35. The lowest BCUT2D eigenvalue weighted by Crippen LogP contribution is -1.89. The van der Waals surface area contributed by atoms with Crippen LogP contribution in [0.2, 0.25) is 0 Å². The quantitative estimate of drug-likeness (QED) is 0.718. The third-order valence-electron chi connectivity index (χ3n) is 1.71. The van der Waals surface area contributed by atoms with Crippen molar-refractivity contribution in [1.82, 2.24) is 4.98 Å². The van der Waals surface area contributed by atoms with Crippen LogP contribution in [0.4, 0.5) is 0 Å². The van der Waals surface area contributed by atoms with Crippen molar-refractivity contribution >= 4 is 15.9 Å². The molecule has 1 heterocycles. The van der Waals surface area contributed by atoms with Gasteiger partial charge >= 0.3 is 0 Å². The van der Waals surface area contributed by atoms with Crippen LogP contribution in [0.3, 0.4) is 0 Å². The highest BCUT2D eigenvalue weighted by molar-refractivity contribution is 9.10. The standard InChI is InChI=1S/C10H13BrN/c1-2-3-4-5-10-8-9(11)6-7-12-10/h6-8H,1-5H2. The van der Waals surface area contributed by atoms with E-state index in [2.05, 4.69) is 33.9 Å². The van der Waals surface area contributed by atoms with Gasteiger partial charge in [-0.25, -0.2) is 0 Å². The maximum Gasteiger partial charge on any atom is 0.0414 e. The normalized spacial score (nSPS) is 10.2. The Bertz CT molecular complexity index is 235. The minimum atomic E-state index is 1.02. The van der Waals surface area contributed by atoms with E-state index in [1.807, 2.05) is 12.3 Å². The highest BCUT2D eigenvalue weighted by Crippen LogP contribution is 2.11. The second-order valence-electron chi connectivity index (χ2n) is 2.78. The van der Waals surface area contributed by atoms with E-state index in [4.69, 9.17) is 0 Å². The molecule has 0 bridgehead atoms. The molecule has 0 amide bonds. The number of aryl methyl sites for hydroxylation is 1. The van der Waals surface area contributed by atoms with Gasteiger partial charge in [0.1, 0.15) is 0 Å². The van der Waals surface area contributed by atoms with Crippen molar-refractivity contribution in [3.63, 3.8) is 0 Å². The number of halogens is 1. The minimum Gasteiger partial charge on any atom is -0.261 e. The summed E-state index contributed by atoms with van der Waals surface area (Å²) in [5.41, 5.74) is 1.16. The molecule has 0 N–H and O–H groups in total. The zero-order valence-electron chi connectivity index (χ0n) is 7.09. The lowest BCUT2D eigenvalue weighted by molar-refractivity contribution is 0.733. The smallest absolute Gasteiger partial charge is 0.0414 e. The van der Waals surface area contributed by atoms with Gasteiger partial charge in [0, 0.05) is 16.4 Å². The maximum atomic E-state index is 4.26. The Labute approximate surface area is 82.3 Å². The molecular weight excluding hydrogens is 214 g/mol. The second kappa shape index (κ2) is 5.31. The van der Waals surface area contributed by atoms with E-state index in [1.54, 1.807) is 0 Å². The molecule has 0 atom stereocenters. The SMILES string of the molecule is [CH2]CCCCc1cc(Br)ccn1. The van der Waals surface area contributed by atoms with Gasteiger partial charge in [-0.05, 0) is 25.0 Å². The first-order valence-electron chi connectivity index (χ1n) is 4.22. The summed E-state index contributed by atoms with van der Waals surface area (Å²) in [6.07, 6.45) is 6.30. The summed E-state index contributed by atoms with van der Waals surface area (Å²) >= 11 is 3.42. The van der Waals surface area contributed by atoms with Crippen LogP contribution < -0.4 is 0 Å². The second-order valence-corrected chi connectivity index (χ2v) is 3.69. The molecular formula is C10H13BrN. The Morgan fingerprint density at radius 1 is 1.42 bits per heavy atom. The summed E-state index contributed by atoms with van der Waals surface area (Å²) in [7, 11) is 0. The first-order valence-corrected chi connectivity index (χ1v) is 5.02. The largest absolute Gasteiger partial charge is 0.261 e. The van der Waals surface area contributed by atoms with E-state index in [1.165, 1.54) is 12.8 Å². The molecule has 2 heteroatoms. The van der Waals surface area contributed by atoms with E-state index in [-0.39, 0.29) is 0 Å². The fourth-order valence-corrected chi connectivity index (χ4v) is 1.45.